The Hall–Kier alpha value is -1.75. The van der Waals surface area contributed by atoms with Crippen LogP contribution in [0.4, 0.5) is 8.78 Å². The van der Waals surface area contributed by atoms with E-state index in [-0.39, 0.29) is 0 Å². The van der Waals surface area contributed by atoms with Crippen LogP contribution in [-0.2, 0) is 6.42 Å². The van der Waals surface area contributed by atoms with E-state index in [9.17, 15) is 8.78 Å². The van der Waals surface area contributed by atoms with Gasteiger partial charge in [-0.2, -0.15) is 0 Å². The molecule has 5 heteroatoms. The Balaban J connectivity index is 2.41. The van der Waals surface area contributed by atoms with Crippen molar-refractivity contribution in [3.63, 3.8) is 0 Å². The summed E-state index contributed by atoms with van der Waals surface area (Å²) in [6.45, 7) is 2.15. The number of rotatable bonds is 3. The van der Waals surface area contributed by atoms with Crippen molar-refractivity contribution < 1.29 is 13.2 Å². The van der Waals surface area contributed by atoms with Gasteiger partial charge in [-0.15, -0.1) is 0 Å². The molecule has 17 heavy (non-hydrogen) atoms. The second kappa shape index (κ2) is 4.63. The van der Waals surface area contributed by atoms with Crippen molar-refractivity contribution in [2.75, 3.05) is 6.54 Å². The monoisotopic (exact) mass is 238 g/mol. The highest BCUT2D eigenvalue weighted by molar-refractivity contribution is 5.61. The molecule has 1 aromatic heterocycles. The maximum atomic E-state index is 13.1. The Labute approximate surface area is 97.3 Å². The molecule has 0 aliphatic heterocycles. The molecule has 0 atom stereocenters. The molecule has 1 heterocycles. The number of aromatic nitrogens is 1. The molecule has 0 fully saturated rings. The van der Waals surface area contributed by atoms with Gasteiger partial charge in [0.2, 0.25) is 0 Å². The Morgan fingerprint density at radius 2 is 2.06 bits per heavy atom. The topological polar surface area (TPSA) is 52.0 Å². The number of hydrogen-bond donors (Lipinski definition) is 1. The van der Waals surface area contributed by atoms with Gasteiger partial charge in [0.1, 0.15) is 11.5 Å². The largest absolute Gasteiger partial charge is 0.445 e. The van der Waals surface area contributed by atoms with Crippen molar-refractivity contribution in [2.24, 2.45) is 5.73 Å². The van der Waals surface area contributed by atoms with Gasteiger partial charge in [0, 0.05) is 18.5 Å². The molecule has 0 radical (unpaired) electrons. The number of hydrogen-bond acceptors (Lipinski definition) is 3. The molecule has 2 N–H and O–H groups in total. The zero-order chi connectivity index (χ0) is 12.4. The van der Waals surface area contributed by atoms with E-state index in [1.54, 1.807) is 6.92 Å². The highest BCUT2D eigenvalue weighted by atomic mass is 19.2. The van der Waals surface area contributed by atoms with Gasteiger partial charge in [-0.3, -0.25) is 0 Å². The minimum absolute atomic E-state index is 0.428. The van der Waals surface area contributed by atoms with E-state index in [0.717, 1.165) is 12.1 Å². The predicted molar refractivity (Wildman–Crippen MR) is 59.4 cm³/mol. The second-order valence-corrected chi connectivity index (χ2v) is 3.68. The molecule has 0 amide bonds. The lowest BCUT2D eigenvalue weighted by Gasteiger charge is -1.98. The molecule has 2 aromatic rings. The lowest BCUT2D eigenvalue weighted by molar-refractivity contribution is 0.473. The van der Waals surface area contributed by atoms with Gasteiger partial charge in [-0.05, 0) is 25.1 Å². The van der Waals surface area contributed by atoms with E-state index >= 15 is 0 Å². The van der Waals surface area contributed by atoms with E-state index in [4.69, 9.17) is 10.2 Å². The van der Waals surface area contributed by atoms with Crippen LogP contribution in [0.25, 0.3) is 11.3 Å². The SMILES string of the molecule is Cc1oc(CCN)nc1-c1ccc(F)c(F)c1. The van der Waals surface area contributed by atoms with Crippen molar-refractivity contribution in [3.8, 4) is 11.3 Å². The molecular weight excluding hydrogens is 226 g/mol. The first-order chi connectivity index (χ1) is 8.11. The Morgan fingerprint density at radius 1 is 1.29 bits per heavy atom. The molecule has 2 rings (SSSR count). The zero-order valence-electron chi connectivity index (χ0n) is 9.34. The van der Waals surface area contributed by atoms with E-state index < -0.39 is 11.6 Å². The summed E-state index contributed by atoms with van der Waals surface area (Å²) in [4.78, 5) is 4.20. The maximum absolute atomic E-state index is 13.1. The van der Waals surface area contributed by atoms with E-state index in [2.05, 4.69) is 4.98 Å². The fraction of sp³-hybridized carbons (Fsp3) is 0.250. The Bertz CT molecular complexity index is 537. The number of nitrogens with two attached hydrogens (primary N) is 1. The third-order valence-corrected chi connectivity index (χ3v) is 2.39. The normalized spacial score (nSPS) is 10.8. The van der Waals surface area contributed by atoms with E-state index in [1.165, 1.54) is 6.07 Å². The van der Waals surface area contributed by atoms with Crippen LogP contribution in [0.5, 0.6) is 0 Å². The van der Waals surface area contributed by atoms with Crippen LogP contribution in [0.3, 0.4) is 0 Å². The molecule has 0 saturated carbocycles. The molecule has 0 spiro atoms. The molecule has 90 valence electrons. The molecule has 0 aliphatic carbocycles. The quantitative estimate of drug-likeness (QED) is 0.893. The second-order valence-electron chi connectivity index (χ2n) is 3.68. The van der Waals surface area contributed by atoms with Crippen LogP contribution >= 0.6 is 0 Å². The number of aryl methyl sites for hydroxylation is 1. The lowest BCUT2D eigenvalue weighted by Crippen LogP contribution is -2.02. The number of halogens is 2. The van der Waals surface area contributed by atoms with Crippen molar-refractivity contribution in [1.29, 1.82) is 0 Å². The van der Waals surface area contributed by atoms with Crippen LogP contribution in [0.15, 0.2) is 22.6 Å². The maximum Gasteiger partial charge on any atom is 0.196 e. The average Bonchev–Trinajstić information content (AvgIpc) is 2.64. The molecular formula is C12H12F2N2O. The number of oxazole rings is 1. The van der Waals surface area contributed by atoms with Crippen molar-refractivity contribution in [2.45, 2.75) is 13.3 Å². The van der Waals surface area contributed by atoms with Crippen molar-refractivity contribution in [3.05, 3.63) is 41.5 Å². The van der Waals surface area contributed by atoms with E-state index in [0.29, 0.717) is 35.9 Å². The van der Waals surface area contributed by atoms with E-state index in [1.807, 2.05) is 0 Å². The third kappa shape index (κ3) is 2.34. The summed E-state index contributed by atoms with van der Waals surface area (Å²) in [5.41, 5.74) is 6.41. The summed E-state index contributed by atoms with van der Waals surface area (Å²) in [5.74, 6) is -0.702. The standard InChI is InChI=1S/C12H12F2N2O/c1-7-12(16-11(17-7)4-5-15)8-2-3-9(13)10(14)6-8/h2-3,6H,4-5,15H2,1H3. The first kappa shape index (κ1) is 11.7. The molecule has 0 saturated heterocycles. The van der Waals surface area contributed by atoms with Gasteiger partial charge in [0.25, 0.3) is 0 Å². The van der Waals surface area contributed by atoms with Crippen LogP contribution in [0, 0.1) is 18.6 Å². The average molecular weight is 238 g/mol. The molecule has 0 bridgehead atoms. The fourth-order valence-corrected chi connectivity index (χ4v) is 1.59. The summed E-state index contributed by atoms with van der Waals surface area (Å²) < 4.78 is 31.3. The van der Waals surface area contributed by atoms with Gasteiger partial charge in [-0.25, -0.2) is 13.8 Å². The zero-order valence-corrected chi connectivity index (χ0v) is 9.34. The molecule has 1 aromatic carbocycles. The molecule has 0 unspecified atom stereocenters. The van der Waals surface area contributed by atoms with Gasteiger partial charge in [0.05, 0.1) is 0 Å². The fourth-order valence-electron chi connectivity index (χ4n) is 1.59. The minimum Gasteiger partial charge on any atom is -0.445 e. The number of nitrogens with zero attached hydrogens (tertiary/aromatic N) is 1. The van der Waals surface area contributed by atoms with Gasteiger partial charge in [-0.1, -0.05) is 0 Å². The van der Waals surface area contributed by atoms with Gasteiger partial charge >= 0.3 is 0 Å². The van der Waals surface area contributed by atoms with Crippen LogP contribution < -0.4 is 5.73 Å². The lowest BCUT2D eigenvalue weighted by atomic mass is 10.1. The minimum atomic E-state index is -0.898. The Morgan fingerprint density at radius 3 is 2.71 bits per heavy atom. The predicted octanol–water partition coefficient (Wildman–Crippen LogP) is 2.43. The molecule has 3 nitrogen and oxygen atoms in total. The van der Waals surface area contributed by atoms with Gasteiger partial charge < -0.3 is 10.2 Å². The summed E-state index contributed by atoms with van der Waals surface area (Å²) in [6.07, 6.45) is 0.518. The highest BCUT2D eigenvalue weighted by Gasteiger charge is 2.13. The van der Waals surface area contributed by atoms with Crippen molar-refractivity contribution >= 4 is 0 Å². The number of benzene rings is 1. The van der Waals surface area contributed by atoms with Crippen LogP contribution in [0.2, 0.25) is 0 Å². The van der Waals surface area contributed by atoms with Gasteiger partial charge in [0.15, 0.2) is 17.5 Å². The first-order valence-electron chi connectivity index (χ1n) is 5.23. The summed E-state index contributed by atoms with van der Waals surface area (Å²) in [5, 5.41) is 0. The smallest absolute Gasteiger partial charge is 0.196 e. The van der Waals surface area contributed by atoms with Crippen LogP contribution in [-0.4, -0.2) is 11.5 Å². The summed E-state index contributed by atoms with van der Waals surface area (Å²) in [7, 11) is 0. The molecule has 0 aliphatic rings. The first-order valence-corrected chi connectivity index (χ1v) is 5.23. The summed E-state index contributed by atoms with van der Waals surface area (Å²) >= 11 is 0. The summed E-state index contributed by atoms with van der Waals surface area (Å²) in [6, 6.07) is 3.64. The van der Waals surface area contributed by atoms with Crippen LogP contribution in [0.1, 0.15) is 11.7 Å². The van der Waals surface area contributed by atoms with Crippen molar-refractivity contribution in [1.82, 2.24) is 4.98 Å². The third-order valence-electron chi connectivity index (χ3n) is 2.39. The Kier molecular flexibility index (Phi) is 3.19. The highest BCUT2D eigenvalue weighted by Crippen LogP contribution is 2.24.